The lowest BCUT2D eigenvalue weighted by molar-refractivity contribution is -0.384. The highest BCUT2D eigenvalue weighted by atomic mass is 16.6. The van der Waals surface area contributed by atoms with Crippen molar-refractivity contribution < 1.29 is 24.4 Å². The number of hydrogen-bond acceptors (Lipinski definition) is 6. The molecule has 0 amide bonds. The molecule has 8 nitrogen and oxygen atoms in total. The van der Waals surface area contributed by atoms with Gasteiger partial charge in [0.05, 0.1) is 24.9 Å². The molecule has 1 aromatic carbocycles. The fraction of sp³-hybridized carbons (Fsp3) is 0.333. The van der Waals surface area contributed by atoms with E-state index < -0.39 is 16.9 Å². The van der Waals surface area contributed by atoms with E-state index in [0.29, 0.717) is 5.56 Å². The molecule has 0 aliphatic carbocycles. The first kappa shape index (κ1) is 15.4. The van der Waals surface area contributed by atoms with E-state index in [0.717, 1.165) is 0 Å². The predicted molar refractivity (Wildman–Crippen MR) is 69.6 cm³/mol. The van der Waals surface area contributed by atoms with Crippen molar-refractivity contribution in [2.45, 2.75) is 12.8 Å². The zero-order valence-corrected chi connectivity index (χ0v) is 10.8. The number of carboxylic acid groups (broad SMARTS) is 1. The van der Waals surface area contributed by atoms with Crippen LogP contribution in [-0.2, 0) is 20.7 Å². The SMILES string of the molecule is COC(=O)Cc1ccc(NCCC(=O)O)c([N+](=O)[O-])c1. The number of aliphatic carboxylic acids is 1. The first-order chi connectivity index (χ1) is 9.43. The number of hydrogen-bond donors (Lipinski definition) is 2. The number of methoxy groups -OCH3 is 1. The van der Waals surface area contributed by atoms with Crippen molar-refractivity contribution in [2.75, 3.05) is 19.0 Å². The molecule has 0 atom stereocenters. The number of nitrogens with zero attached hydrogens (tertiary/aromatic N) is 1. The maximum atomic E-state index is 11.1. The number of anilines is 1. The highest BCUT2D eigenvalue weighted by molar-refractivity contribution is 5.74. The molecule has 0 fully saturated rings. The molecule has 108 valence electrons. The third-order valence-electron chi connectivity index (χ3n) is 2.49. The summed E-state index contributed by atoms with van der Waals surface area (Å²) in [5.41, 5.74) is 0.453. The average Bonchev–Trinajstić information content (AvgIpc) is 2.39. The number of carbonyl (C=O) groups is 2. The van der Waals surface area contributed by atoms with E-state index in [4.69, 9.17) is 5.11 Å². The van der Waals surface area contributed by atoms with Gasteiger partial charge in [-0.3, -0.25) is 19.7 Å². The van der Waals surface area contributed by atoms with Gasteiger partial charge in [-0.2, -0.15) is 0 Å². The first-order valence-corrected chi connectivity index (χ1v) is 5.74. The lowest BCUT2D eigenvalue weighted by atomic mass is 10.1. The molecule has 1 aromatic rings. The van der Waals surface area contributed by atoms with Gasteiger partial charge in [-0.05, 0) is 11.6 Å². The number of ether oxygens (including phenoxy) is 1. The number of carboxylic acids is 1. The lowest BCUT2D eigenvalue weighted by Crippen LogP contribution is -2.10. The predicted octanol–water partition coefficient (Wildman–Crippen LogP) is 1.20. The summed E-state index contributed by atoms with van der Waals surface area (Å²) < 4.78 is 4.49. The van der Waals surface area contributed by atoms with Gasteiger partial charge in [-0.15, -0.1) is 0 Å². The molecule has 2 N–H and O–H groups in total. The van der Waals surface area contributed by atoms with E-state index in [2.05, 4.69) is 10.1 Å². The molecule has 0 unspecified atom stereocenters. The van der Waals surface area contributed by atoms with Crippen molar-refractivity contribution in [1.29, 1.82) is 0 Å². The zero-order chi connectivity index (χ0) is 15.1. The van der Waals surface area contributed by atoms with Crippen molar-refractivity contribution in [2.24, 2.45) is 0 Å². The fourth-order valence-corrected chi connectivity index (χ4v) is 1.53. The molecular weight excluding hydrogens is 268 g/mol. The van der Waals surface area contributed by atoms with Crippen LogP contribution in [0.5, 0.6) is 0 Å². The number of nitro benzene ring substituents is 1. The van der Waals surface area contributed by atoms with Crippen LogP contribution in [0.3, 0.4) is 0 Å². The Kier molecular flexibility index (Phi) is 5.45. The van der Waals surface area contributed by atoms with Crippen LogP contribution in [0.1, 0.15) is 12.0 Å². The number of esters is 1. The summed E-state index contributed by atoms with van der Waals surface area (Å²) in [5, 5.41) is 22.2. The van der Waals surface area contributed by atoms with Crippen molar-refractivity contribution in [1.82, 2.24) is 0 Å². The molecule has 0 saturated carbocycles. The Hall–Kier alpha value is -2.64. The van der Waals surface area contributed by atoms with Gasteiger partial charge >= 0.3 is 11.9 Å². The molecule has 0 heterocycles. The normalized spacial score (nSPS) is 9.85. The molecule has 0 aromatic heterocycles. The molecule has 0 bridgehead atoms. The second kappa shape index (κ2) is 7.07. The third-order valence-corrected chi connectivity index (χ3v) is 2.49. The highest BCUT2D eigenvalue weighted by Gasteiger charge is 2.16. The number of carbonyl (C=O) groups excluding carboxylic acids is 1. The summed E-state index contributed by atoms with van der Waals surface area (Å²) in [4.78, 5) is 31.9. The average molecular weight is 282 g/mol. The van der Waals surface area contributed by atoms with Crippen LogP contribution < -0.4 is 5.32 Å². The van der Waals surface area contributed by atoms with Gasteiger partial charge in [-0.25, -0.2) is 0 Å². The molecule has 1 rings (SSSR count). The van der Waals surface area contributed by atoms with Crippen molar-refractivity contribution >= 4 is 23.3 Å². The maximum absolute atomic E-state index is 11.1. The van der Waals surface area contributed by atoms with Crippen LogP contribution in [-0.4, -0.2) is 35.6 Å². The molecule has 0 saturated heterocycles. The Morgan fingerprint density at radius 1 is 1.45 bits per heavy atom. The van der Waals surface area contributed by atoms with Crippen LogP contribution in [0.15, 0.2) is 18.2 Å². The zero-order valence-electron chi connectivity index (χ0n) is 10.8. The summed E-state index contributed by atoms with van der Waals surface area (Å²) in [5.74, 6) is -1.49. The van der Waals surface area contributed by atoms with Crippen LogP contribution in [0, 0.1) is 10.1 Å². The van der Waals surface area contributed by atoms with Crippen LogP contribution >= 0.6 is 0 Å². The molecule has 8 heteroatoms. The molecule has 0 spiro atoms. The van der Waals surface area contributed by atoms with E-state index in [-0.39, 0.29) is 30.8 Å². The van der Waals surface area contributed by atoms with Gasteiger partial charge in [0.2, 0.25) is 0 Å². The van der Waals surface area contributed by atoms with Crippen LogP contribution in [0.2, 0.25) is 0 Å². The van der Waals surface area contributed by atoms with Crippen LogP contribution in [0.25, 0.3) is 0 Å². The summed E-state index contributed by atoms with van der Waals surface area (Å²) >= 11 is 0. The maximum Gasteiger partial charge on any atom is 0.309 e. The topological polar surface area (TPSA) is 119 Å². The van der Waals surface area contributed by atoms with Crippen molar-refractivity contribution in [3.63, 3.8) is 0 Å². The standard InChI is InChI=1S/C12H14N2O6/c1-20-12(17)7-8-2-3-9(10(6-8)14(18)19)13-5-4-11(15)16/h2-3,6,13H,4-5,7H2,1H3,(H,15,16). The van der Waals surface area contributed by atoms with E-state index in [1.54, 1.807) is 6.07 Å². The Labute approximate surface area is 114 Å². The number of nitrogens with one attached hydrogen (secondary N) is 1. The van der Waals surface area contributed by atoms with Gasteiger partial charge < -0.3 is 15.2 Å². The van der Waals surface area contributed by atoms with Gasteiger partial charge in [0.25, 0.3) is 5.69 Å². The number of benzene rings is 1. The van der Waals surface area contributed by atoms with Gasteiger partial charge in [-0.1, -0.05) is 6.07 Å². The van der Waals surface area contributed by atoms with E-state index in [1.807, 2.05) is 0 Å². The quantitative estimate of drug-likeness (QED) is 0.438. The van der Waals surface area contributed by atoms with Gasteiger partial charge in [0.1, 0.15) is 5.69 Å². The second-order valence-electron chi connectivity index (χ2n) is 3.93. The van der Waals surface area contributed by atoms with E-state index in [9.17, 15) is 19.7 Å². The summed E-state index contributed by atoms with van der Waals surface area (Å²) in [6.07, 6.45) is -0.214. The molecule has 20 heavy (non-hydrogen) atoms. The highest BCUT2D eigenvalue weighted by Crippen LogP contribution is 2.25. The summed E-state index contributed by atoms with van der Waals surface area (Å²) in [7, 11) is 1.23. The lowest BCUT2D eigenvalue weighted by Gasteiger charge is -2.07. The second-order valence-corrected chi connectivity index (χ2v) is 3.93. The van der Waals surface area contributed by atoms with Crippen LogP contribution in [0.4, 0.5) is 11.4 Å². The molecular formula is C12H14N2O6. The monoisotopic (exact) mass is 282 g/mol. The third kappa shape index (κ3) is 4.56. The Balaban J connectivity index is 2.87. The number of nitro groups is 1. The van der Waals surface area contributed by atoms with Crippen molar-refractivity contribution in [3.05, 3.63) is 33.9 Å². The Morgan fingerprint density at radius 3 is 2.70 bits per heavy atom. The fourth-order valence-electron chi connectivity index (χ4n) is 1.53. The van der Waals surface area contributed by atoms with Crippen molar-refractivity contribution in [3.8, 4) is 0 Å². The largest absolute Gasteiger partial charge is 0.481 e. The molecule has 0 radical (unpaired) electrons. The minimum absolute atomic E-state index is 0.0628. The van der Waals surface area contributed by atoms with Gasteiger partial charge in [0, 0.05) is 12.6 Å². The minimum Gasteiger partial charge on any atom is -0.481 e. The van der Waals surface area contributed by atoms with Gasteiger partial charge in [0.15, 0.2) is 0 Å². The first-order valence-electron chi connectivity index (χ1n) is 5.74. The summed E-state index contributed by atoms with van der Waals surface area (Å²) in [6, 6.07) is 4.26. The Morgan fingerprint density at radius 2 is 2.15 bits per heavy atom. The minimum atomic E-state index is -0.998. The summed E-state index contributed by atoms with van der Waals surface area (Å²) in [6.45, 7) is 0.0759. The molecule has 0 aliphatic heterocycles. The van der Waals surface area contributed by atoms with E-state index in [1.165, 1.54) is 19.2 Å². The smallest absolute Gasteiger partial charge is 0.309 e. The Bertz CT molecular complexity index is 529. The molecule has 0 aliphatic rings. The van der Waals surface area contributed by atoms with E-state index >= 15 is 0 Å². The number of rotatable bonds is 7.